The van der Waals surface area contributed by atoms with Gasteiger partial charge in [-0.1, -0.05) is 61.3 Å². The fraction of sp³-hybridized carbons (Fsp3) is 0.318. The van der Waals surface area contributed by atoms with E-state index in [1.807, 2.05) is 32.0 Å². The van der Waals surface area contributed by atoms with Crippen molar-refractivity contribution in [2.24, 2.45) is 7.05 Å². The summed E-state index contributed by atoms with van der Waals surface area (Å²) in [6.07, 6.45) is 0.698. The van der Waals surface area contributed by atoms with E-state index in [1.165, 1.54) is 29.3 Å². The molecule has 2 aromatic carbocycles. The van der Waals surface area contributed by atoms with Gasteiger partial charge in [-0.05, 0) is 29.8 Å². The first-order valence-electron chi connectivity index (χ1n) is 9.28. The van der Waals surface area contributed by atoms with Crippen molar-refractivity contribution in [3.05, 3.63) is 69.8 Å². The Hall–Kier alpha value is -2.01. The van der Waals surface area contributed by atoms with E-state index in [0.717, 1.165) is 0 Å². The predicted octanol–water partition coefficient (Wildman–Crippen LogP) is 5.39. The van der Waals surface area contributed by atoms with Crippen LogP contribution in [0.3, 0.4) is 0 Å². The fourth-order valence-corrected chi connectivity index (χ4v) is 3.68. The Morgan fingerprint density at radius 2 is 1.75 bits per heavy atom. The highest BCUT2D eigenvalue weighted by atomic mass is 35.5. The van der Waals surface area contributed by atoms with Gasteiger partial charge in [-0.2, -0.15) is 0 Å². The number of para-hydroxylation sites is 1. The second-order valence-corrected chi connectivity index (χ2v) is 6.97. The van der Waals surface area contributed by atoms with Gasteiger partial charge in [0.1, 0.15) is 6.04 Å². The van der Waals surface area contributed by atoms with Gasteiger partial charge >= 0.3 is 5.97 Å². The number of aromatic nitrogens is 1. The lowest BCUT2D eigenvalue weighted by atomic mass is 9.98. The summed E-state index contributed by atoms with van der Waals surface area (Å²) < 4.78 is 7.01. The van der Waals surface area contributed by atoms with Gasteiger partial charge in [0.25, 0.3) is 0 Å². The maximum absolute atomic E-state index is 11.6. The molecule has 1 atom stereocenters. The van der Waals surface area contributed by atoms with Crippen LogP contribution in [0.1, 0.15) is 25.1 Å². The van der Waals surface area contributed by atoms with E-state index in [4.69, 9.17) is 27.9 Å². The number of hydrogen-bond acceptors (Lipinski definition) is 3. The first kappa shape index (κ1) is 22.3. The van der Waals surface area contributed by atoms with Crippen molar-refractivity contribution in [3.8, 4) is 0 Å². The molecule has 3 aromatic rings. The Kier molecular flexibility index (Phi) is 8.36. The number of rotatable bonds is 1. The van der Waals surface area contributed by atoms with Crippen molar-refractivity contribution in [1.29, 1.82) is 0 Å². The number of esters is 1. The number of carbonyl (C=O) groups excluding carboxylic acids is 1. The van der Waals surface area contributed by atoms with Crippen LogP contribution in [-0.2, 0) is 29.5 Å². The maximum atomic E-state index is 11.6. The molecule has 28 heavy (non-hydrogen) atoms. The highest BCUT2D eigenvalue weighted by Gasteiger charge is 2.28. The Labute approximate surface area is 176 Å². The van der Waals surface area contributed by atoms with Gasteiger partial charge in [0.05, 0.1) is 7.11 Å². The normalized spacial score (nSPS) is 14.9. The maximum Gasteiger partial charge on any atom is 0.323 e. The summed E-state index contributed by atoms with van der Waals surface area (Å²) in [5.41, 5.74) is 3.74. The van der Waals surface area contributed by atoms with Crippen LogP contribution in [0.25, 0.3) is 10.9 Å². The number of aryl methyl sites for hydroxylation is 1. The highest BCUT2D eigenvalue weighted by Crippen LogP contribution is 2.29. The third kappa shape index (κ3) is 5.07. The first-order chi connectivity index (χ1) is 13.5. The molecule has 0 amide bonds. The molecule has 1 aliphatic rings. The predicted molar refractivity (Wildman–Crippen MR) is 117 cm³/mol. The van der Waals surface area contributed by atoms with E-state index in [1.54, 1.807) is 18.2 Å². The minimum Gasteiger partial charge on any atom is -0.468 e. The van der Waals surface area contributed by atoms with Gasteiger partial charge in [-0.3, -0.25) is 10.1 Å². The number of ether oxygens (including phenoxy) is 1. The number of halogens is 2. The van der Waals surface area contributed by atoms with Crippen LogP contribution in [0, 0.1) is 0 Å². The average molecular weight is 421 g/mol. The molecule has 150 valence electrons. The van der Waals surface area contributed by atoms with Gasteiger partial charge in [-0.15, -0.1) is 0 Å². The van der Waals surface area contributed by atoms with Crippen LogP contribution >= 0.6 is 23.2 Å². The largest absolute Gasteiger partial charge is 0.468 e. The molecule has 4 rings (SSSR count). The Balaban J connectivity index is 0.000000236. The molecule has 0 spiro atoms. The molecule has 0 fully saturated rings. The summed E-state index contributed by atoms with van der Waals surface area (Å²) in [6, 6.07) is 15.2. The molecule has 0 radical (unpaired) electrons. The molecule has 6 heteroatoms. The zero-order chi connectivity index (χ0) is 20.7. The van der Waals surface area contributed by atoms with E-state index < -0.39 is 0 Å². The monoisotopic (exact) mass is 420 g/mol. The van der Waals surface area contributed by atoms with Gasteiger partial charge in [0.15, 0.2) is 0 Å². The number of carbonyl (C=O) groups is 1. The number of fused-ring (bicyclic) bond motifs is 3. The smallest absolute Gasteiger partial charge is 0.323 e. The molecule has 0 saturated carbocycles. The molecule has 1 unspecified atom stereocenters. The standard InChI is InChI=1S/C14H16N2O2.C6H4Cl2.C2H6/c1-16-12-6-4-3-5-9(12)10-7-11(14(17)18-2)15-8-13(10)16;7-5-2-1-3-6(8)4-5;1-2/h3-6,11,15H,7-8H2,1-2H3;1-4H;1-2H3. The molecular weight excluding hydrogens is 395 g/mol. The summed E-state index contributed by atoms with van der Waals surface area (Å²) >= 11 is 11.1. The lowest BCUT2D eigenvalue weighted by Crippen LogP contribution is -2.42. The molecule has 0 bridgehead atoms. The topological polar surface area (TPSA) is 43.3 Å². The highest BCUT2D eigenvalue weighted by molar-refractivity contribution is 6.34. The van der Waals surface area contributed by atoms with Crippen LogP contribution in [0.2, 0.25) is 10.0 Å². The van der Waals surface area contributed by atoms with Crippen LogP contribution in [0.15, 0.2) is 48.5 Å². The van der Waals surface area contributed by atoms with E-state index in [2.05, 4.69) is 29.1 Å². The van der Waals surface area contributed by atoms with Crippen molar-refractivity contribution < 1.29 is 9.53 Å². The van der Waals surface area contributed by atoms with Crippen molar-refractivity contribution >= 4 is 40.1 Å². The quantitative estimate of drug-likeness (QED) is 0.536. The van der Waals surface area contributed by atoms with Crippen molar-refractivity contribution in [2.75, 3.05) is 7.11 Å². The van der Waals surface area contributed by atoms with E-state index in [-0.39, 0.29) is 12.0 Å². The third-order valence-corrected chi connectivity index (χ3v) is 5.01. The van der Waals surface area contributed by atoms with Crippen molar-refractivity contribution in [1.82, 2.24) is 9.88 Å². The second kappa shape index (κ2) is 10.5. The number of nitrogens with one attached hydrogen (secondary N) is 1. The average Bonchev–Trinajstić information content (AvgIpc) is 3.01. The van der Waals surface area contributed by atoms with E-state index in [0.29, 0.717) is 23.0 Å². The van der Waals surface area contributed by atoms with Gasteiger partial charge in [-0.25, -0.2) is 0 Å². The van der Waals surface area contributed by atoms with Crippen LogP contribution in [0.4, 0.5) is 0 Å². The Bertz CT molecular complexity index is 920. The molecule has 1 aromatic heterocycles. The third-order valence-electron chi connectivity index (χ3n) is 4.54. The second-order valence-electron chi connectivity index (χ2n) is 6.10. The summed E-state index contributed by atoms with van der Waals surface area (Å²) in [7, 11) is 3.50. The molecular formula is C22H26Cl2N2O2. The summed E-state index contributed by atoms with van der Waals surface area (Å²) in [5.74, 6) is -0.186. The lowest BCUT2D eigenvalue weighted by molar-refractivity contribution is -0.143. The number of nitrogens with zero attached hydrogens (tertiary/aromatic N) is 1. The van der Waals surface area contributed by atoms with E-state index in [9.17, 15) is 4.79 Å². The van der Waals surface area contributed by atoms with Crippen LogP contribution in [0.5, 0.6) is 0 Å². The Morgan fingerprint density at radius 1 is 1.11 bits per heavy atom. The summed E-state index contributed by atoms with van der Waals surface area (Å²) in [4.78, 5) is 11.6. The van der Waals surface area contributed by atoms with E-state index >= 15 is 0 Å². The SMILES string of the molecule is CC.COC(=O)C1Cc2c(n(C)c3ccccc23)CN1.Clc1cccc(Cl)c1. The molecule has 0 saturated heterocycles. The van der Waals surface area contributed by atoms with Crippen LogP contribution < -0.4 is 5.32 Å². The van der Waals surface area contributed by atoms with Crippen molar-refractivity contribution in [2.45, 2.75) is 32.9 Å². The molecule has 1 aliphatic heterocycles. The van der Waals surface area contributed by atoms with Gasteiger partial charge in [0.2, 0.25) is 0 Å². The van der Waals surface area contributed by atoms with Gasteiger partial charge in [0, 0.05) is 46.7 Å². The fourth-order valence-electron chi connectivity index (χ4n) is 3.24. The minimum absolute atomic E-state index is 0.186. The minimum atomic E-state index is -0.228. The summed E-state index contributed by atoms with van der Waals surface area (Å²) in [6.45, 7) is 4.71. The summed E-state index contributed by atoms with van der Waals surface area (Å²) in [5, 5.41) is 5.83. The first-order valence-corrected chi connectivity index (χ1v) is 10.0. The molecule has 0 aliphatic carbocycles. The van der Waals surface area contributed by atoms with Crippen LogP contribution in [-0.4, -0.2) is 23.7 Å². The number of methoxy groups -OCH3 is 1. The number of benzene rings is 2. The molecule has 1 N–H and O–H groups in total. The Morgan fingerprint density at radius 3 is 2.32 bits per heavy atom. The molecule has 2 heterocycles. The molecule has 4 nitrogen and oxygen atoms in total. The zero-order valence-electron chi connectivity index (χ0n) is 16.6. The van der Waals surface area contributed by atoms with Crippen molar-refractivity contribution in [3.63, 3.8) is 0 Å². The lowest BCUT2D eigenvalue weighted by Gasteiger charge is -2.23. The zero-order valence-corrected chi connectivity index (χ0v) is 18.1. The van der Waals surface area contributed by atoms with Gasteiger partial charge < -0.3 is 9.30 Å². The number of hydrogen-bond donors (Lipinski definition) is 1.